The predicted molar refractivity (Wildman–Crippen MR) is 40.2 cm³/mol. The Morgan fingerprint density at radius 2 is 1.50 bits per heavy atom. The molecule has 6 heteroatoms. The van der Waals surface area contributed by atoms with Gasteiger partial charge in [-0.3, -0.25) is 0 Å². The van der Waals surface area contributed by atoms with Gasteiger partial charge in [0.25, 0.3) is 0 Å². The van der Waals surface area contributed by atoms with Gasteiger partial charge in [-0.25, -0.2) is 0 Å². The SMILES string of the molecule is CC(C#N)O[AsH](=O)OC(C)C#N. The van der Waals surface area contributed by atoms with Crippen LogP contribution in [0.25, 0.3) is 0 Å². The fraction of sp³-hybridized carbons (Fsp3) is 0.667. The van der Waals surface area contributed by atoms with Crippen LogP contribution in [-0.2, 0) is 11.2 Å². The molecule has 0 fully saturated rings. The molecule has 0 bridgehead atoms. The molecule has 0 aromatic heterocycles. The molecule has 0 aromatic rings. The van der Waals surface area contributed by atoms with Crippen LogP contribution in [0.2, 0.25) is 0 Å². The molecule has 0 rings (SSSR count). The van der Waals surface area contributed by atoms with Crippen LogP contribution in [0.5, 0.6) is 0 Å². The minimum absolute atomic E-state index is 0.747. The molecule has 5 nitrogen and oxygen atoms in total. The summed E-state index contributed by atoms with van der Waals surface area (Å²) in [6.45, 7) is 2.93. The Morgan fingerprint density at radius 3 is 1.75 bits per heavy atom. The first-order chi connectivity index (χ1) is 5.60. The van der Waals surface area contributed by atoms with Crippen LogP contribution in [0, 0.1) is 22.7 Å². The van der Waals surface area contributed by atoms with E-state index in [0.717, 1.165) is 0 Å². The van der Waals surface area contributed by atoms with Crippen molar-refractivity contribution in [1.82, 2.24) is 0 Å². The first kappa shape index (κ1) is 11.3. The van der Waals surface area contributed by atoms with Gasteiger partial charge in [0, 0.05) is 0 Å². The van der Waals surface area contributed by atoms with Crippen molar-refractivity contribution < 1.29 is 11.2 Å². The standard InChI is InChI=1S/C6H9AsN2O3/c1-5(3-8)11-7(10)12-6(2)4-9/h5-7H,1-2H3. The predicted octanol–water partition coefficient (Wildman–Crippen LogP) is -0.00854. The first-order valence-corrected chi connectivity index (χ1v) is 5.83. The third-order valence-corrected chi connectivity index (χ3v) is 3.20. The van der Waals surface area contributed by atoms with Crippen LogP contribution in [0.3, 0.4) is 0 Å². The molecule has 2 unspecified atom stereocenters. The van der Waals surface area contributed by atoms with E-state index in [0.29, 0.717) is 0 Å². The summed E-state index contributed by atoms with van der Waals surface area (Å²) in [5, 5.41) is 16.5. The third kappa shape index (κ3) is 4.98. The zero-order valence-electron chi connectivity index (χ0n) is 6.77. The monoisotopic (exact) mass is 232 g/mol. The van der Waals surface area contributed by atoms with Crippen molar-refractivity contribution in [3.8, 4) is 12.1 Å². The van der Waals surface area contributed by atoms with Crippen molar-refractivity contribution in [2.24, 2.45) is 0 Å². The van der Waals surface area contributed by atoms with E-state index in [-0.39, 0.29) is 0 Å². The summed E-state index contributed by atoms with van der Waals surface area (Å²) in [5.74, 6) is 0. The first-order valence-electron chi connectivity index (χ1n) is 3.26. The fourth-order valence-electron chi connectivity index (χ4n) is 0.369. The van der Waals surface area contributed by atoms with Crippen molar-refractivity contribution >= 4 is 15.3 Å². The number of hydrogen-bond donors (Lipinski definition) is 0. The second kappa shape index (κ2) is 5.85. The van der Waals surface area contributed by atoms with Gasteiger partial charge >= 0.3 is 75.2 Å². The van der Waals surface area contributed by atoms with E-state index in [9.17, 15) is 3.74 Å². The molecule has 0 saturated heterocycles. The summed E-state index contributed by atoms with van der Waals surface area (Å²) in [4.78, 5) is 0. The van der Waals surface area contributed by atoms with Crippen LogP contribution in [-0.4, -0.2) is 27.5 Å². The molecule has 0 radical (unpaired) electrons. The molecule has 66 valence electrons. The van der Waals surface area contributed by atoms with E-state index in [4.69, 9.17) is 10.5 Å². The number of nitrogens with zero attached hydrogens (tertiary/aromatic N) is 2. The Hall–Kier alpha value is -0.742. The Kier molecular flexibility index (Phi) is 5.49. The van der Waals surface area contributed by atoms with E-state index in [1.807, 2.05) is 0 Å². The van der Waals surface area contributed by atoms with Crippen molar-refractivity contribution in [2.75, 3.05) is 0 Å². The van der Waals surface area contributed by atoms with Crippen molar-refractivity contribution in [1.29, 1.82) is 10.5 Å². The average molecular weight is 232 g/mol. The second-order valence-electron chi connectivity index (χ2n) is 2.03. The Labute approximate surface area is 75.7 Å². The van der Waals surface area contributed by atoms with Crippen LogP contribution in [0.4, 0.5) is 0 Å². The molecular formula is C6H9AsN2O3. The summed E-state index contributed by atoms with van der Waals surface area (Å²) in [6, 6.07) is 3.49. The molecule has 0 aliphatic carbocycles. The zero-order valence-corrected chi connectivity index (χ0v) is 8.87. The Morgan fingerprint density at radius 1 is 1.17 bits per heavy atom. The molecule has 0 amide bonds. The Balaban J connectivity index is 3.78. The van der Waals surface area contributed by atoms with E-state index < -0.39 is 27.5 Å². The topological polar surface area (TPSA) is 83.1 Å². The maximum atomic E-state index is 10.9. The van der Waals surface area contributed by atoms with E-state index in [2.05, 4.69) is 7.45 Å². The normalized spacial score (nSPS) is 17.0. The minimum atomic E-state index is -3.30. The Bertz CT molecular complexity index is 218. The van der Waals surface area contributed by atoms with E-state index in [1.165, 1.54) is 13.8 Å². The van der Waals surface area contributed by atoms with Crippen LogP contribution >= 0.6 is 0 Å². The molecule has 0 aliphatic heterocycles. The summed E-state index contributed by atoms with van der Waals surface area (Å²) in [7, 11) is 0. The van der Waals surface area contributed by atoms with Gasteiger partial charge < -0.3 is 0 Å². The second-order valence-corrected chi connectivity index (χ2v) is 4.07. The van der Waals surface area contributed by atoms with Gasteiger partial charge in [-0.1, -0.05) is 0 Å². The molecule has 0 N–H and O–H groups in total. The van der Waals surface area contributed by atoms with Gasteiger partial charge in [-0.2, -0.15) is 0 Å². The maximum absolute atomic E-state index is 10.9. The molecule has 0 spiro atoms. The summed E-state index contributed by atoms with van der Waals surface area (Å²) < 4.78 is 20.2. The van der Waals surface area contributed by atoms with Gasteiger partial charge in [0.05, 0.1) is 0 Å². The molecule has 2 atom stereocenters. The molecule has 12 heavy (non-hydrogen) atoms. The van der Waals surface area contributed by atoms with Gasteiger partial charge in [0.15, 0.2) is 0 Å². The molecule has 0 aromatic carbocycles. The summed E-state index contributed by atoms with van der Waals surface area (Å²) in [5.41, 5.74) is 0. The van der Waals surface area contributed by atoms with Crippen LogP contribution in [0.15, 0.2) is 0 Å². The van der Waals surface area contributed by atoms with E-state index >= 15 is 0 Å². The van der Waals surface area contributed by atoms with Gasteiger partial charge in [0.1, 0.15) is 0 Å². The van der Waals surface area contributed by atoms with Crippen molar-refractivity contribution in [2.45, 2.75) is 26.1 Å². The molecule has 0 saturated carbocycles. The van der Waals surface area contributed by atoms with Gasteiger partial charge in [-0.05, 0) is 0 Å². The van der Waals surface area contributed by atoms with Crippen LogP contribution < -0.4 is 0 Å². The summed E-state index contributed by atoms with van der Waals surface area (Å²) >= 11 is -3.30. The van der Waals surface area contributed by atoms with Gasteiger partial charge in [-0.15, -0.1) is 0 Å². The van der Waals surface area contributed by atoms with Crippen LogP contribution in [0.1, 0.15) is 13.8 Å². The van der Waals surface area contributed by atoms with Crippen molar-refractivity contribution in [3.05, 3.63) is 0 Å². The number of nitriles is 2. The van der Waals surface area contributed by atoms with Crippen molar-refractivity contribution in [3.63, 3.8) is 0 Å². The molecular weight excluding hydrogens is 223 g/mol. The third-order valence-electron chi connectivity index (χ3n) is 0.910. The fourth-order valence-corrected chi connectivity index (χ4v) is 1.92. The quantitative estimate of drug-likeness (QED) is 0.636. The number of rotatable bonds is 4. The summed E-state index contributed by atoms with van der Waals surface area (Å²) in [6.07, 6.45) is -1.49. The number of hydrogen-bond acceptors (Lipinski definition) is 5. The van der Waals surface area contributed by atoms with Gasteiger partial charge in [0.2, 0.25) is 0 Å². The zero-order chi connectivity index (χ0) is 9.56. The molecule has 0 aliphatic rings. The molecule has 0 heterocycles. The average Bonchev–Trinajstić information content (AvgIpc) is 2.03. The van der Waals surface area contributed by atoms with E-state index in [1.54, 1.807) is 12.1 Å².